The number of carbonyl (C=O) groups excluding carboxylic acids is 1. The molecule has 0 aromatic heterocycles. The van der Waals surface area contributed by atoms with Gasteiger partial charge in [-0.05, 0) is 75.8 Å². The van der Waals surface area contributed by atoms with Gasteiger partial charge >= 0.3 is 36.5 Å². The molecular formula is C36H44F12O5. The van der Waals surface area contributed by atoms with E-state index in [4.69, 9.17) is 4.74 Å². The minimum Gasteiger partial charge on any atom is -0.429 e. The number of carbonyl (C=O) groups is 1. The third-order valence-corrected chi connectivity index (χ3v) is 8.67. The maximum absolute atomic E-state index is 13.7. The number of halogens is 12. The highest BCUT2D eigenvalue weighted by Gasteiger charge is 2.76. The Morgan fingerprint density at radius 1 is 0.642 bits per heavy atom. The number of alkyl halides is 12. The average Bonchev–Trinajstić information content (AvgIpc) is 3.03. The lowest BCUT2D eigenvalue weighted by atomic mass is 9.89. The molecule has 0 N–H and O–H groups in total. The van der Waals surface area contributed by atoms with E-state index in [0.29, 0.717) is 42.5 Å². The largest absolute Gasteiger partial charge is 0.510 e. The van der Waals surface area contributed by atoms with Crippen molar-refractivity contribution in [1.29, 1.82) is 0 Å². The first-order chi connectivity index (χ1) is 24.1. The van der Waals surface area contributed by atoms with Gasteiger partial charge in [-0.25, -0.2) is 4.79 Å². The summed E-state index contributed by atoms with van der Waals surface area (Å²) in [7, 11) is 0. The van der Waals surface area contributed by atoms with Crippen molar-refractivity contribution in [2.75, 3.05) is 6.61 Å². The second-order valence-electron chi connectivity index (χ2n) is 13.7. The molecule has 5 nitrogen and oxygen atoms in total. The number of rotatable bonds is 9. The van der Waals surface area contributed by atoms with Crippen molar-refractivity contribution in [2.24, 2.45) is 0 Å². The molecule has 1 heterocycles. The van der Waals surface area contributed by atoms with E-state index in [1.54, 1.807) is 6.92 Å². The summed E-state index contributed by atoms with van der Waals surface area (Å²) in [6.07, 6.45) is -24.5. The van der Waals surface area contributed by atoms with E-state index in [0.717, 1.165) is 30.7 Å². The highest BCUT2D eigenvalue weighted by Crippen LogP contribution is 2.55. The second-order valence-corrected chi connectivity index (χ2v) is 13.7. The van der Waals surface area contributed by atoms with Crippen molar-refractivity contribution in [3.63, 3.8) is 0 Å². The van der Waals surface area contributed by atoms with Crippen molar-refractivity contribution in [3.8, 4) is 0 Å². The first kappa shape index (κ1) is 45.9. The third-order valence-electron chi connectivity index (χ3n) is 8.67. The van der Waals surface area contributed by atoms with Crippen LogP contribution in [0.4, 0.5) is 57.5 Å². The van der Waals surface area contributed by atoms with Crippen molar-refractivity contribution in [1.82, 2.24) is 0 Å². The molecule has 1 aliphatic rings. The molecule has 2 aromatic carbocycles. The van der Waals surface area contributed by atoms with Crippen LogP contribution in [0.3, 0.4) is 0 Å². The highest BCUT2D eigenvalue weighted by molar-refractivity contribution is 5.62. The Balaban J connectivity index is 0.000000367. The molecule has 2 aromatic rings. The van der Waals surface area contributed by atoms with Gasteiger partial charge in [0.25, 0.3) is 5.60 Å². The summed E-state index contributed by atoms with van der Waals surface area (Å²) < 4.78 is 182. The van der Waals surface area contributed by atoms with Gasteiger partial charge in [0.15, 0.2) is 6.29 Å². The summed E-state index contributed by atoms with van der Waals surface area (Å²) in [6.45, 7) is 11.3. The summed E-state index contributed by atoms with van der Waals surface area (Å²) in [6, 6.07) is 7.96. The van der Waals surface area contributed by atoms with Gasteiger partial charge in [-0.15, -0.1) is 0 Å². The summed E-state index contributed by atoms with van der Waals surface area (Å²) in [5, 5.41) is 0. The van der Waals surface area contributed by atoms with Gasteiger partial charge in [0.05, 0.1) is 0 Å². The fourth-order valence-electron chi connectivity index (χ4n) is 5.31. The Labute approximate surface area is 300 Å². The Hall–Kier alpha value is -3.21. The molecule has 302 valence electrons. The Bertz CT molecular complexity index is 1410. The molecule has 3 unspecified atom stereocenters. The molecule has 3 atom stereocenters. The smallest absolute Gasteiger partial charge is 0.429 e. The monoisotopic (exact) mass is 784 g/mol. The highest BCUT2D eigenvalue weighted by atomic mass is 19.4. The van der Waals surface area contributed by atoms with Crippen molar-refractivity contribution < 1.29 is 76.4 Å². The van der Waals surface area contributed by atoms with Gasteiger partial charge in [-0.1, -0.05) is 76.2 Å². The molecule has 17 heteroatoms. The Morgan fingerprint density at radius 2 is 1.02 bits per heavy atom. The minimum absolute atomic E-state index is 0.0150. The fourth-order valence-corrected chi connectivity index (χ4v) is 5.31. The van der Waals surface area contributed by atoms with E-state index >= 15 is 0 Å². The van der Waals surface area contributed by atoms with Crippen LogP contribution in [0, 0.1) is 0 Å². The average molecular weight is 785 g/mol. The molecule has 1 saturated heterocycles. The molecule has 3 rings (SSSR count). The first-order valence-electron chi connectivity index (χ1n) is 16.8. The quantitative estimate of drug-likeness (QED) is 0.187. The predicted octanol–water partition coefficient (Wildman–Crippen LogP) is 12.5. The van der Waals surface area contributed by atoms with Crippen LogP contribution in [0.2, 0.25) is 0 Å². The molecule has 0 amide bonds. The molecule has 0 radical (unpaired) electrons. The Morgan fingerprint density at radius 3 is 1.32 bits per heavy atom. The molecule has 1 fully saturated rings. The fraction of sp³-hybridized carbons (Fsp3) is 0.639. The van der Waals surface area contributed by atoms with E-state index in [2.05, 4.69) is 14.2 Å². The Kier molecular flexibility index (Phi) is 14.8. The van der Waals surface area contributed by atoms with E-state index in [-0.39, 0.29) is 24.9 Å². The van der Waals surface area contributed by atoms with Crippen LogP contribution >= 0.6 is 0 Å². The lowest BCUT2D eigenvalue weighted by Crippen LogP contribution is -2.58. The van der Waals surface area contributed by atoms with Crippen LogP contribution in [-0.2, 0) is 30.1 Å². The summed E-state index contributed by atoms with van der Waals surface area (Å²) in [4.78, 5) is 11.7. The number of hydrogen-bond acceptors (Lipinski definition) is 5. The molecule has 53 heavy (non-hydrogen) atoms. The molecule has 0 bridgehead atoms. The van der Waals surface area contributed by atoms with Crippen LogP contribution in [0.15, 0.2) is 48.5 Å². The molecule has 0 saturated carbocycles. The summed E-state index contributed by atoms with van der Waals surface area (Å²) in [5.41, 5.74) is -11.6. The molecular weight excluding hydrogens is 740 g/mol. The van der Waals surface area contributed by atoms with Crippen LogP contribution in [0.25, 0.3) is 0 Å². The maximum Gasteiger partial charge on any atom is 0.510 e. The van der Waals surface area contributed by atoms with Gasteiger partial charge in [-0.2, -0.15) is 52.7 Å². The zero-order chi connectivity index (χ0) is 40.8. The lowest BCUT2D eigenvalue weighted by molar-refractivity contribution is -0.419. The number of hydrogen-bond donors (Lipinski definition) is 0. The van der Waals surface area contributed by atoms with Gasteiger partial charge in [0.2, 0.25) is 0 Å². The number of ether oxygens (including phenoxy) is 4. The van der Waals surface area contributed by atoms with E-state index < -0.39 is 65.1 Å². The molecule has 1 aliphatic heterocycles. The standard InChI is InChI=1S/C18H22F6O3.C18H22F6O2/c1-6-11(2)12-7-9-13(10-8-12)16(17(19,20)21,18(22,23)24)27-14(25)26-15(3,4)5;1-3-12(2)13-7-9-14(10-8-13)16(17(19,20)21,18(22,23)24)26-15-6-4-5-11-25-15/h7-11H,6H2,1-5H3;7-10,12,15H,3-6,11H2,1-2H3. The van der Waals surface area contributed by atoms with Gasteiger partial charge < -0.3 is 18.9 Å². The van der Waals surface area contributed by atoms with Gasteiger partial charge in [0.1, 0.15) is 5.60 Å². The zero-order valence-electron chi connectivity index (χ0n) is 30.2. The first-order valence-corrected chi connectivity index (χ1v) is 16.8. The molecule has 0 aliphatic carbocycles. The van der Waals surface area contributed by atoms with E-state index in [1.165, 1.54) is 32.9 Å². The molecule has 0 spiro atoms. The van der Waals surface area contributed by atoms with Crippen LogP contribution in [-0.4, -0.2) is 49.4 Å². The van der Waals surface area contributed by atoms with Crippen molar-refractivity contribution in [2.45, 2.75) is 140 Å². The predicted molar refractivity (Wildman–Crippen MR) is 170 cm³/mol. The zero-order valence-corrected chi connectivity index (χ0v) is 30.2. The van der Waals surface area contributed by atoms with Gasteiger partial charge in [0, 0.05) is 17.7 Å². The topological polar surface area (TPSA) is 54.0 Å². The summed E-state index contributed by atoms with van der Waals surface area (Å²) in [5.74, 6) is -0.0326. The third kappa shape index (κ3) is 10.7. The van der Waals surface area contributed by atoms with Crippen LogP contribution < -0.4 is 0 Å². The van der Waals surface area contributed by atoms with Gasteiger partial charge in [-0.3, -0.25) is 0 Å². The van der Waals surface area contributed by atoms with Crippen LogP contribution in [0.1, 0.15) is 115 Å². The minimum atomic E-state index is -5.96. The van der Waals surface area contributed by atoms with Crippen LogP contribution in [0.5, 0.6) is 0 Å². The normalized spacial score (nSPS) is 17.7. The van der Waals surface area contributed by atoms with E-state index in [1.807, 2.05) is 20.8 Å². The summed E-state index contributed by atoms with van der Waals surface area (Å²) >= 11 is 0. The second kappa shape index (κ2) is 17.1. The van der Waals surface area contributed by atoms with Crippen molar-refractivity contribution >= 4 is 6.16 Å². The maximum atomic E-state index is 13.7. The number of benzene rings is 2. The van der Waals surface area contributed by atoms with Crippen molar-refractivity contribution in [3.05, 3.63) is 70.8 Å². The lowest BCUT2D eigenvalue weighted by Gasteiger charge is -2.40. The SMILES string of the molecule is CCC(C)c1ccc(C(OC(=O)OC(C)(C)C)(C(F)(F)F)C(F)(F)F)cc1.CCC(C)c1ccc(C(OC2CCCCO2)(C(F)(F)F)C(F)(F)F)cc1. The van der Waals surface area contributed by atoms with E-state index in [9.17, 15) is 57.5 Å².